The molecule has 0 bridgehead atoms. The molecule has 0 aliphatic heterocycles. The third-order valence-corrected chi connectivity index (χ3v) is 0.500. The van der Waals surface area contributed by atoms with Gasteiger partial charge in [-0.25, -0.2) is 0 Å². The second-order valence-corrected chi connectivity index (χ2v) is 1.06. The third kappa shape index (κ3) is 19.0. The van der Waals surface area contributed by atoms with E-state index in [0.717, 1.165) is 12.8 Å². The van der Waals surface area contributed by atoms with Crippen molar-refractivity contribution in [1.82, 2.24) is 0 Å². The molecule has 0 fully saturated rings. The van der Waals surface area contributed by atoms with E-state index in [4.69, 9.17) is 0 Å². The zero-order valence-corrected chi connectivity index (χ0v) is 5.54. The largest absolute Gasteiger partial charge is 1.00 e. The smallest absolute Gasteiger partial charge is 0.343 e. The Morgan fingerprint density at radius 1 is 0.857 bits per heavy atom. The van der Waals surface area contributed by atoms with E-state index < -0.39 is 0 Å². The SMILES string of the molecule is [CH2-]CCC[CH2-].[Li+].[Li+]. The van der Waals surface area contributed by atoms with Gasteiger partial charge in [-0.3, -0.25) is 0 Å². The Hall–Kier alpha value is 1.19. The van der Waals surface area contributed by atoms with Crippen LogP contribution in [0.2, 0.25) is 0 Å². The van der Waals surface area contributed by atoms with Crippen molar-refractivity contribution in [3.63, 3.8) is 0 Å². The molecule has 0 radical (unpaired) electrons. The molecule has 0 aromatic heterocycles. The van der Waals surface area contributed by atoms with Crippen molar-refractivity contribution in [3.8, 4) is 0 Å². The van der Waals surface area contributed by atoms with Crippen LogP contribution in [0.3, 0.4) is 0 Å². The summed E-state index contributed by atoms with van der Waals surface area (Å²) in [6, 6.07) is 0. The van der Waals surface area contributed by atoms with Gasteiger partial charge in [0, 0.05) is 0 Å². The molecule has 0 heterocycles. The van der Waals surface area contributed by atoms with Crippen molar-refractivity contribution in [2.75, 3.05) is 0 Å². The summed E-state index contributed by atoms with van der Waals surface area (Å²) in [4.78, 5) is 0. The maximum absolute atomic E-state index is 3.64. The zero-order chi connectivity index (χ0) is 4.12. The molecular weight excluding hydrogens is 73.9 g/mol. The maximum Gasteiger partial charge on any atom is 1.00 e. The van der Waals surface area contributed by atoms with Crippen LogP contribution in [0.15, 0.2) is 0 Å². The molecule has 0 atom stereocenters. The molecule has 32 valence electrons. The Bertz CT molecular complexity index is 13.6. The minimum Gasteiger partial charge on any atom is -0.343 e. The standard InChI is InChI=1S/C5H10.2Li/c1-3-5-4-2;;/h1-5H2;;/q-2;2*+1. The van der Waals surface area contributed by atoms with Crippen molar-refractivity contribution in [3.05, 3.63) is 13.8 Å². The van der Waals surface area contributed by atoms with Crippen LogP contribution < -0.4 is 37.7 Å². The second-order valence-electron chi connectivity index (χ2n) is 1.06. The van der Waals surface area contributed by atoms with Crippen LogP contribution in [0.4, 0.5) is 0 Å². The molecule has 0 rings (SSSR count). The summed E-state index contributed by atoms with van der Waals surface area (Å²) < 4.78 is 0. The summed E-state index contributed by atoms with van der Waals surface area (Å²) in [5.41, 5.74) is 0. The van der Waals surface area contributed by atoms with Crippen LogP contribution in [-0.4, -0.2) is 0 Å². The average Bonchev–Trinajstić information content (AvgIpc) is 1.41. The molecular formula is C5H10Li2. The van der Waals surface area contributed by atoms with E-state index in [-0.39, 0.29) is 37.7 Å². The molecule has 7 heavy (non-hydrogen) atoms. The fourth-order valence-electron chi connectivity index (χ4n) is 0.177. The predicted molar refractivity (Wildman–Crippen MR) is 24.6 cm³/mol. The van der Waals surface area contributed by atoms with Gasteiger partial charge in [0.15, 0.2) is 0 Å². The predicted octanol–water partition coefficient (Wildman–Crippen LogP) is -4.17. The van der Waals surface area contributed by atoms with E-state index >= 15 is 0 Å². The van der Waals surface area contributed by atoms with E-state index in [1.54, 1.807) is 0 Å². The van der Waals surface area contributed by atoms with Crippen molar-refractivity contribution in [2.24, 2.45) is 0 Å². The van der Waals surface area contributed by atoms with Gasteiger partial charge in [-0.05, 0) is 0 Å². The van der Waals surface area contributed by atoms with E-state index in [0.29, 0.717) is 0 Å². The average molecular weight is 84.0 g/mol. The van der Waals surface area contributed by atoms with Gasteiger partial charge in [0.2, 0.25) is 0 Å². The van der Waals surface area contributed by atoms with Crippen LogP contribution in [-0.2, 0) is 0 Å². The molecule has 0 saturated heterocycles. The minimum absolute atomic E-state index is 0. The van der Waals surface area contributed by atoms with Crippen molar-refractivity contribution >= 4 is 0 Å². The first-order valence-corrected chi connectivity index (χ1v) is 2.00. The fourth-order valence-corrected chi connectivity index (χ4v) is 0.177. The van der Waals surface area contributed by atoms with Gasteiger partial charge in [0.1, 0.15) is 0 Å². The van der Waals surface area contributed by atoms with Gasteiger partial charge in [-0.1, -0.05) is 0 Å². The van der Waals surface area contributed by atoms with E-state index in [1.165, 1.54) is 6.42 Å². The Morgan fingerprint density at radius 2 is 1.14 bits per heavy atom. The van der Waals surface area contributed by atoms with Crippen LogP contribution >= 0.6 is 0 Å². The summed E-state index contributed by atoms with van der Waals surface area (Å²) in [6.07, 6.45) is 3.23. The van der Waals surface area contributed by atoms with Gasteiger partial charge in [-0.15, -0.1) is 6.42 Å². The minimum atomic E-state index is 0. The molecule has 0 aromatic rings. The summed E-state index contributed by atoms with van der Waals surface area (Å²) in [5, 5.41) is 0. The van der Waals surface area contributed by atoms with Crippen LogP contribution in [0, 0.1) is 13.8 Å². The molecule has 0 aromatic carbocycles. The monoisotopic (exact) mass is 84.1 g/mol. The summed E-state index contributed by atoms with van der Waals surface area (Å²) in [5.74, 6) is 0. The Morgan fingerprint density at radius 3 is 1.14 bits per heavy atom. The van der Waals surface area contributed by atoms with Gasteiger partial charge in [0.05, 0.1) is 0 Å². The van der Waals surface area contributed by atoms with E-state index in [2.05, 4.69) is 13.8 Å². The zero-order valence-electron chi connectivity index (χ0n) is 5.54. The molecule has 0 aliphatic rings. The maximum atomic E-state index is 3.64. The molecule has 0 saturated carbocycles. The second kappa shape index (κ2) is 15.7. The summed E-state index contributed by atoms with van der Waals surface area (Å²) in [7, 11) is 0. The molecule has 0 spiro atoms. The Balaban J connectivity index is -0.0000000800. The Kier molecular flexibility index (Phi) is 35.2. The van der Waals surface area contributed by atoms with Crippen molar-refractivity contribution in [2.45, 2.75) is 19.3 Å². The molecule has 2 heteroatoms. The molecule has 0 nitrogen and oxygen atoms in total. The van der Waals surface area contributed by atoms with Crippen molar-refractivity contribution in [1.29, 1.82) is 0 Å². The Labute approximate surface area is 70.8 Å². The van der Waals surface area contributed by atoms with Crippen LogP contribution in [0.1, 0.15) is 19.3 Å². The molecule has 0 amide bonds. The topological polar surface area (TPSA) is 0 Å². The van der Waals surface area contributed by atoms with E-state index in [1.807, 2.05) is 0 Å². The van der Waals surface area contributed by atoms with Gasteiger partial charge in [0.25, 0.3) is 0 Å². The van der Waals surface area contributed by atoms with Crippen molar-refractivity contribution < 1.29 is 37.7 Å². The molecule has 0 unspecified atom stereocenters. The summed E-state index contributed by atoms with van der Waals surface area (Å²) in [6.45, 7) is 7.27. The van der Waals surface area contributed by atoms with Crippen LogP contribution in [0.5, 0.6) is 0 Å². The normalized spacial score (nSPS) is 6.00. The van der Waals surface area contributed by atoms with Gasteiger partial charge < -0.3 is 13.8 Å². The first-order chi connectivity index (χ1) is 2.41. The first kappa shape index (κ1) is 15.7. The molecule has 0 aliphatic carbocycles. The fraction of sp³-hybridized carbons (Fsp3) is 0.600. The number of hydrogen-bond donors (Lipinski definition) is 0. The quantitative estimate of drug-likeness (QED) is 0.235. The number of hydrogen-bond acceptors (Lipinski definition) is 0. The number of unbranched alkanes of at least 4 members (excludes halogenated alkanes) is 2. The number of rotatable bonds is 2. The van der Waals surface area contributed by atoms with Crippen LogP contribution in [0.25, 0.3) is 0 Å². The first-order valence-electron chi connectivity index (χ1n) is 2.00. The third-order valence-electron chi connectivity index (χ3n) is 0.500. The summed E-state index contributed by atoms with van der Waals surface area (Å²) >= 11 is 0. The molecule has 0 N–H and O–H groups in total. The van der Waals surface area contributed by atoms with Gasteiger partial charge in [-0.2, -0.15) is 12.8 Å². The van der Waals surface area contributed by atoms with Gasteiger partial charge >= 0.3 is 37.7 Å². The van der Waals surface area contributed by atoms with E-state index in [9.17, 15) is 0 Å².